The summed E-state index contributed by atoms with van der Waals surface area (Å²) in [4.78, 5) is 8.10. The zero-order valence-electron chi connectivity index (χ0n) is 12.9. The Kier molecular flexibility index (Phi) is 3.23. The van der Waals surface area contributed by atoms with E-state index in [1.54, 1.807) is 0 Å². The number of benzene rings is 1. The number of aromatic nitrogens is 2. The van der Waals surface area contributed by atoms with Gasteiger partial charge in [-0.2, -0.15) is 0 Å². The van der Waals surface area contributed by atoms with E-state index in [0.29, 0.717) is 11.8 Å². The maximum atomic E-state index is 6.50. The van der Waals surface area contributed by atoms with E-state index in [2.05, 4.69) is 48.1 Å². The summed E-state index contributed by atoms with van der Waals surface area (Å²) in [6, 6.07) is 10.6. The minimum Gasteiger partial charge on any atom is -0.358 e. The van der Waals surface area contributed by atoms with Crippen LogP contribution in [0.4, 0.5) is 0 Å². The number of rotatable bonds is 3. The molecule has 0 radical (unpaired) electrons. The van der Waals surface area contributed by atoms with Gasteiger partial charge in [0, 0.05) is 50.6 Å². The predicted molar refractivity (Wildman–Crippen MR) is 92.6 cm³/mol. The molecule has 0 aliphatic heterocycles. The maximum absolute atomic E-state index is 6.50. The van der Waals surface area contributed by atoms with Gasteiger partial charge in [0.2, 0.25) is 0 Å². The summed E-state index contributed by atoms with van der Waals surface area (Å²) in [5, 5.41) is 1.95. The molecule has 0 bridgehead atoms. The van der Waals surface area contributed by atoms with Crippen LogP contribution >= 0.6 is 11.6 Å². The van der Waals surface area contributed by atoms with Gasteiger partial charge in [0.25, 0.3) is 0 Å². The SMILES string of the molecule is CC(C)c1cc2cc(Cl)c(-c3ccc(C4CC4)nc3)cc2[nH]1. The van der Waals surface area contributed by atoms with Crippen molar-refractivity contribution in [3.05, 3.63) is 52.9 Å². The molecule has 3 heteroatoms. The molecule has 1 N–H and O–H groups in total. The Morgan fingerprint density at radius 3 is 2.64 bits per heavy atom. The van der Waals surface area contributed by atoms with Crippen LogP contribution in [0.25, 0.3) is 22.0 Å². The fourth-order valence-corrected chi connectivity index (χ4v) is 3.17. The Hall–Kier alpha value is -1.80. The predicted octanol–water partition coefficient (Wildman–Crippen LogP) is 5.88. The minimum atomic E-state index is 0.481. The Morgan fingerprint density at radius 1 is 1.18 bits per heavy atom. The van der Waals surface area contributed by atoms with Crippen LogP contribution in [0.1, 0.15) is 49.9 Å². The summed E-state index contributed by atoms with van der Waals surface area (Å²) < 4.78 is 0. The zero-order chi connectivity index (χ0) is 15.3. The van der Waals surface area contributed by atoms with Gasteiger partial charge in [-0.3, -0.25) is 4.98 Å². The highest BCUT2D eigenvalue weighted by Gasteiger charge is 2.24. The second-order valence-corrected chi connectivity index (χ2v) is 6.95. The normalized spacial score (nSPS) is 14.9. The highest BCUT2D eigenvalue weighted by Crippen LogP contribution is 2.40. The van der Waals surface area contributed by atoms with Gasteiger partial charge in [-0.1, -0.05) is 31.5 Å². The summed E-state index contributed by atoms with van der Waals surface area (Å²) in [6.45, 7) is 4.38. The van der Waals surface area contributed by atoms with Gasteiger partial charge in [0.05, 0.1) is 0 Å². The topological polar surface area (TPSA) is 28.7 Å². The average molecular weight is 311 g/mol. The molecule has 112 valence electrons. The third-order valence-electron chi connectivity index (χ3n) is 4.44. The number of nitrogens with one attached hydrogen (secondary N) is 1. The summed E-state index contributed by atoms with van der Waals surface area (Å²) in [5.74, 6) is 1.16. The Balaban J connectivity index is 1.77. The quantitative estimate of drug-likeness (QED) is 0.642. The largest absolute Gasteiger partial charge is 0.358 e. The number of H-pyrrole nitrogens is 1. The van der Waals surface area contributed by atoms with Gasteiger partial charge in [-0.15, -0.1) is 0 Å². The second kappa shape index (κ2) is 5.13. The van der Waals surface area contributed by atoms with Gasteiger partial charge in [-0.25, -0.2) is 0 Å². The maximum Gasteiger partial charge on any atom is 0.0492 e. The Labute approximate surface area is 135 Å². The van der Waals surface area contributed by atoms with Gasteiger partial charge < -0.3 is 4.98 Å². The fraction of sp³-hybridized carbons (Fsp3) is 0.316. The van der Waals surface area contributed by atoms with E-state index in [-0.39, 0.29) is 0 Å². The first-order valence-corrected chi connectivity index (χ1v) is 8.28. The highest BCUT2D eigenvalue weighted by molar-refractivity contribution is 6.34. The highest BCUT2D eigenvalue weighted by atomic mass is 35.5. The van der Waals surface area contributed by atoms with Crippen LogP contribution in [0.5, 0.6) is 0 Å². The molecular weight excluding hydrogens is 292 g/mol. The average Bonchev–Trinajstić information content (AvgIpc) is 3.27. The van der Waals surface area contributed by atoms with Gasteiger partial charge >= 0.3 is 0 Å². The molecule has 2 aromatic heterocycles. The van der Waals surface area contributed by atoms with E-state index < -0.39 is 0 Å². The molecule has 1 aliphatic carbocycles. The lowest BCUT2D eigenvalue weighted by Gasteiger charge is -2.06. The standard InChI is InChI=1S/C19H19ClN2/c1-11(2)18-8-14-7-16(20)15(9-19(14)22-18)13-5-6-17(21-10-13)12-3-4-12/h5-12,22H,3-4H2,1-2H3. The number of pyridine rings is 1. The first-order chi connectivity index (χ1) is 10.6. The molecule has 2 nitrogen and oxygen atoms in total. The van der Waals surface area contributed by atoms with Crippen molar-refractivity contribution in [1.29, 1.82) is 0 Å². The lowest BCUT2D eigenvalue weighted by Crippen LogP contribution is -1.88. The van der Waals surface area contributed by atoms with Crippen molar-refractivity contribution in [2.75, 3.05) is 0 Å². The number of halogens is 1. The molecule has 0 spiro atoms. The van der Waals surface area contributed by atoms with E-state index in [1.807, 2.05) is 12.3 Å². The van der Waals surface area contributed by atoms with Crippen molar-refractivity contribution in [1.82, 2.24) is 9.97 Å². The van der Waals surface area contributed by atoms with Crippen LogP contribution in [0.2, 0.25) is 5.02 Å². The molecule has 22 heavy (non-hydrogen) atoms. The van der Waals surface area contributed by atoms with E-state index in [1.165, 1.54) is 29.6 Å². The van der Waals surface area contributed by atoms with Crippen LogP contribution in [0, 0.1) is 0 Å². The second-order valence-electron chi connectivity index (χ2n) is 6.54. The molecule has 4 rings (SSSR count). The number of aromatic amines is 1. The molecular formula is C19H19ClN2. The van der Waals surface area contributed by atoms with Crippen molar-refractivity contribution < 1.29 is 0 Å². The summed E-state index contributed by atoms with van der Waals surface area (Å²) in [7, 11) is 0. The molecule has 0 amide bonds. The smallest absolute Gasteiger partial charge is 0.0492 e. The molecule has 1 fully saturated rings. The summed E-state index contributed by atoms with van der Waals surface area (Å²) >= 11 is 6.50. The van der Waals surface area contributed by atoms with Crippen molar-refractivity contribution in [2.45, 2.75) is 38.5 Å². The molecule has 1 aromatic carbocycles. The molecule has 1 aliphatic rings. The first-order valence-electron chi connectivity index (χ1n) is 7.90. The van der Waals surface area contributed by atoms with Crippen molar-refractivity contribution in [3.8, 4) is 11.1 Å². The lowest BCUT2D eigenvalue weighted by molar-refractivity contribution is 0.836. The van der Waals surface area contributed by atoms with Crippen molar-refractivity contribution in [2.24, 2.45) is 0 Å². The molecule has 2 heterocycles. The van der Waals surface area contributed by atoms with E-state index in [9.17, 15) is 0 Å². The molecule has 0 saturated heterocycles. The monoisotopic (exact) mass is 310 g/mol. The van der Waals surface area contributed by atoms with Crippen molar-refractivity contribution in [3.63, 3.8) is 0 Å². The molecule has 3 aromatic rings. The van der Waals surface area contributed by atoms with Gasteiger partial charge in [0.15, 0.2) is 0 Å². The third kappa shape index (κ3) is 2.42. The first kappa shape index (κ1) is 13.8. The Bertz CT molecular complexity index is 827. The zero-order valence-corrected chi connectivity index (χ0v) is 13.6. The van der Waals surface area contributed by atoms with Crippen molar-refractivity contribution >= 4 is 22.5 Å². The van der Waals surface area contributed by atoms with Crippen LogP contribution < -0.4 is 0 Å². The van der Waals surface area contributed by atoms with E-state index in [4.69, 9.17) is 11.6 Å². The number of hydrogen-bond acceptors (Lipinski definition) is 1. The summed E-state index contributed by atoms with van der Waals surface area (Å²) in [6.07, 6.45) is 4.51. The lowest BCUT2D eigenvalue weighted by atomic mass is 10.0. The minimum absolute atomic E-state index is 0.481. The third-order valence-corrected chi connectivity index (χ3v) is 4.76. The molecule has 0 unspecified atom stereocenters. The van der Waals surface area contributed by atoms with E-state index in [0.717, 1.165) is 21.7 Å². The van der Waals surface area contributed by atoms with Crippen LogP contribution in [-0.2, 0) is 0 Å². The van der Waals surface area contributed by atoms with Gasteiger partial charge in [0.1, 0.15) is 0 Å². The molecule has 1 saturated carbocycles. The van der Waals surface area contributed by atoms with E-state index >= 15 is 0 Å². The van der Waals surface area contributed by atoms with Gasteiger partial charge in [-0.05, 0) is 43.0 Å². The van der Waals surface area contributed by atoms with Crippen LogP contribution in [0.3, 0.4) is 0 Å². The molecule has 0 atom stereocenters. The Morgan fingerprint density at radius 2 is 2.00 bits per heavy atom. The summed E-state index contributed by atoms with van der Waals surface area (Å²) in [5.41, 5.74) is 5.71. The fourth-order valence-electron chi connectivity index (χ4n) is 2.89. The van der Waals surface area contributed by atoms with Crippen LogP contribution in [0.15, 0.2) is 36.5 Å². The van der Waals surface area contributed by atoms with Crippen LogP contribution in [-0.4, -0.2) is 9.97 Å². The number of nitrogens with zero attached hydrogens (tertiary/aromatic N) is 1. The number of hydrogen-bond donors (Lipinski definition) is 1. The number of fused-ring (bicyclic) bond motifs is 1.